The Hall–Kier alpha value is -1.70. The molecule has 0 spiro atoms. The number of nitrogens with zero attached hydrogens (tertiary/aromatic N) is 1. The highest BCUT2D eigenvalue weighted by molar-refractivity contribution is 5.52. The van der Waals surface area contributed by atoms with Crippen molar-refractivity contribution in [2.24, 2.45) is 0 Å². The molecular weight excluding hydrogens is 193 g/mol. The zero-order valence-electron chi connectivity index (χ0n) is 7.31. The van der Waals surface area contributed by atoms with Gasteiger partial charge in [-0.3, -0.25) is 0 Å². The number of halogens is 3. The third kappa shape index (κ3) is 2.16. The molecule has 0 aliphatic rings. The average Bonchev–Trinajstić information content (AvgIpc) is 2.15. The summed E-state index contributed by atoms with van der Waals surface area (Å²) in [5.41, 5.74) is -0.554. The zero-order chi connectivity index (χ0) is 10.8. The number of nitriles is 1. The van der Waals surface area contributed by atoms with Gasteiger partial charge in [0.2, 0.25) is 0 Å². The molecule has 0 unspecified atom stereocenters. The molecule has 5 heteroatoms. The molecule has 0 radical (unpaired) electrons. The van der Waals surface area contributed by atoms with Crippen LogP contribution in [0.1, 0.15) is 11.1 Å². The van der Waals surface area contributed by atoms with Crippen molar-refractivity contribution in [2.75, 3.05) is 12.4 Å². The third-order valence-corrected chi connectivity index (χ3v) is 1.68. The molecule has 1 rings (SSSR count). The van der Waals surface area contributed by atoms with Gasteiger partial charge >= 0.3 is 6.18 Å². The molecule has 0 atom stereocenters. The summed E-state index contributed by atoms with van der Waals surface area (Å²) in [4.78, 5) is 0. The van der Waals surface area contributed by atoms with Crippen LogP contribution in [0.5, 0.6) is 0 Å². The van der Waals surface area contributed by atoms with E-state index in [-0.39, 0.29) is 11.3 Å². The van der Waals surface area contributed by atoms with Crippen LogP contribution >= 0.6 is 0 Å². The van der Waals surface area contributed by atoms with Crippen molar-refractivity contribution < 1.29 is 13.2 Å². The maximum Gasteiger partial charge on any atom is 0.416 e. The SMILES string of the molecule is CNc1cc(C#N)cc(C(F)(F)F)c1. The van der Waals surface area contributed by atoms with E-state index in [4.69, 9.17) is 5.26 Å². The first-order chi connectivity index (χ1) is 6.47. The van der Waals surface area contributed by atoms with Gasteiger partial charge in [-0.2, -0.15) is 18.4 Å². The minimum atomic E-state index is -4.42. The summed E-state index contributed by atoms with van der Waals surface area (Å²) in [6, 6.07) is 4.81. The lowest BCUT2D eigenvalue weighted by atomic mass is 10.1. The van der Waals surface area contributed by atoms with Gasteiger partial charge in [0.25, 0.3) is 0 Å². The van der Waals surface area contributed by atoms with Gasteiger partial charge in [0.1, 0.15) is 0 Å². The van der Waals surface area contributed by atoms with E-state index in [0.29, 0.717) is 0 Å². The van der Waals surface area contributed by atoms with Gasteiger partial charge < -0.3 is 5.32 Å². The van der Waals surface area contributed by atoms with Crippen LogP contribution in [0, 0.1) is 11.3 Å². The minimum Gasteiger partial charge on any atom is -0.388 e. The fourth-order valence-corrected chi connectivity index (χ4v) is 1.00. The predicted molar refractivity (Wildman–Crippen MR) is 45.7 cm³/mol. The quantitative estimate of drug-likeness (QED) is 0.756. The van der Waals surface area contributed by atoms with Crippen molar-refractivity contribution in [1.82, 2.24) is 0 Å². The molecule has 0 saturated heterocycles. The first-order valence-electron chi connectivity index (χ1n) is 3.77. The van der Waals surface area contributed by atoms with E-state index in [9.17, 15) is 13.2 Å². The van der Waals surface area contributed by atoms with Gasteiger partial charge in [0.05, 0.1) is 17.2 Å². The lowest BCUT2D eigenvalue weighted by Crippen LogP contribution is -2.06. The number of rotatable bonds is 1. The Bertz CT molecular complexity index is 377. The van der Waals surface area contributed by atoms with Crippen LogP contribution in [-0.4, -0.2) is 7.05 Å². The fraction of sp³-hybridized carbons (Fsp3) is 0.222. The number of hydrogen-bond donors (Lipinski definition) is 1. The number of anilines is 1. The van der Waals surface area contributed by atoms with Crippen LogP contribution in [0.3, 0.4) is 0 Å². The molecule has 2 nitrogen and oxygen atoms in total. The van der Waals surface area contributed by atoms with Crippen molar-refractivity contribution in [3.8, 4) is 6.07 Å². The molecule has 0 aliphatic heterocycles. The Kier molecular flexibility index (Phi) is 2.65. The molecular formula is C9H7F3N2. The van der Waals surface area contributed by atoms with E-state index < -0.39 is 11.7 Å². The summed E-state index contributed by atoms with van der Waals surface area (Å²) in [5.74, 6) is 0. The molecule has 14 heavy (non-hydrogen) atoms. The highest BCUT2D eigenvalue weighted by Crippen LogP contribution is 2.31. The van der Waals surface area contributed by atoms with Gasteiger partial charge in [-0.25, -0.2) is 0 Å². The van der Waals surface area contributed by atoms with Crippen LogP contribution in [0.15, 0.2) is 18.2 Å². The summed E-state index contributed by atoms with van der Waals surface area (Å²) in [6.45, 7) is 0. The predicted octanol–water partition coefficient (Wildman–Crippen LogP) is 2.62. The van der Waals surface area contributed by atoms with Crippen LogP contribution in [-0.2, 0) is 6.18 Å². The number of nitrogens with one attached hydrogen (secondary N) is 1. The van der Waals surface area contributed by atoms with Crippen LogP contribution in [0.4, 0.5) is 18.9 Å². The molecule has 1 aromatic carbocycles. The molecule has 1 aromatic rings. The second-order valence-corrected chi connectivity index (χ2v) is 2.66. The molecule has 74 valence electrons. The standard InChI is InChI=1S/C9H7F3N2/c1-14-8-3-6(5-13)2-7(4-8)9(10,11)12/h2-4,14H,1H3. The molecule has 1 N–H and O–H groups in total. The summed E-state index contributed by atoms with van der Waals surface area (Å²) in [5, 5.41) is 11.1. The second kappa shape index (κ2) is 3.58. The van der Waals surface area contributed by atoms with Crippen LogP contribution in [0.2, 0.25) is 0 Å². The van der Waals surface area contributed by atoms with E-state index >= 15 is 0 Å². The van der Waals surface area contributed by atoms with Gasteiger partial charge in [-0.15, -0.1) is 0 Å². The maximum absolute atomic E-state index is 12.3. The Morgan fingerprint density at radius 3 is 2.36 bits per heavy atom. The Labute approximate surface area is 79.0 Å². The van der Waals surface area contributed by atoms with Crippen molar-refractivity contribution in [3.05, 3.63) is 29.3 Å². The normalized spacial score (nSPS) is 10.8. The van der Waals surface area contributed by atoms with Crippen LogP contribution in [0.25, 0.3) is 0 Å². The first-order valence-corrected chi connectivity index (χ1v) is 3.77. The molecule has 0 saturated carbocycles. The molecule has 0 bridgehead atoms. The summed E-state index contributed by atoms with van der Waals surface area (Å²) in [6.07, 6.45) is -4.42. The molecule has 0 amide bonds. The minimum absolute atomic E-state index is 0.0100. The number of hydrogen-bond acceptors (Lipinski definition) is 2. The van der Waals surface area contributed by atoms with Crippen molar-refractivity contribution in [1.29, 1.82) is 5.26 Å². The lowest BCUT2D eigenvalue weighted by Gasteiger charge is -2.09. The van der Waals surface area contributed by atoms with E-state index in [1.54, 1.807) is 6.07 Å². The largest absolute Gasteiger partial charge is 0.416 e. The third-order valence-electron chi connectivity index (χ3n) is 1.68. The maximum atomic E-state index is 12.3. The average molecular weight is 200 g/mol. The van der Waals surface area contributed by atoms with E-state index in [1.807, 2.05) is 0 Å². The topological polar surface area (TPSA) is 35.8 Å². The first kappa shape index (κ1) is 10.4. The van der Waals surface area contributed by atoms with Crippen molar-refractivity contribution in [3.63, 3.8) is 0 Å². The zero-order valence-corrected chi connectivity index (χ0v) is 7.31. The Balaban J connectivity index is 3.26. The summed E-state index contributed by atoms with van der Waals surface area (Å²) < 4.78 is 36.9. The molecule has 0 aliphatic carbocycles. The highest BCUT2D eigenvalue weighted by Gasteiger charge is 2.31. The number of alkyl halides is 3. The molecule has 0 fully saturated rings. The fourth-order valence-electron chi connectivity index (χ4n) is 1.00. The number of benzene rings is 1. The second-order valence-electron chi connectivity index (χ2n) is 2.66. The lowest BCUT2D eigenvalue weighted by molar-refractivity contribution is -0.137. The van der Waals surface area contributed by atoms with Crippen LogP contribution < -0.4 is 5.32 Å². The summed E-state index contributed by atoms with van der Waals surface area (Å²) >= 11 is 0. The molecule has 0 heterocycles. The van der Waals surface area contributed by atoms with Crippen molar-refractivity contribution in [2.45, 2.75) is 6.18 Å². The van der Waals surface area contributed by atoms with Gasteiger partial charge in [-0.1, -0.05) is 0 Å². The van der Waals surface area contributed by atoms with Crippen molar-refractivity contribution >= 4 is 5.69 Å². The van der Waals surface area contributed by atoms with Gasteiger partial charge in [0.15, 0.2) is 0 Å². The van der Waals surface area contributed by atoms with E-state index in [1.165, 1.54) is 13.1 Å². The van der Waals surface area contributed by atoms with Gasteiger partial charge in [-0.05, 0) is 18.2 Å². The van der Waals surface area contributed by atoms with Gasteiger partial charge in [0, 0.05) is 12.7 Å². The van der Waals surface area contributed by atoms with E-state index in [0.717, 1.165) is 12.1 Å². The molecule has 0 aromatic heterocycles. The van der Waals surface area contributed by atoms with E-state index in [2.05, 4.69) is 5.32 Å². The smallest absolute Gasteiger partial charge is 0.388 e. The monoisotopic (exact) mass is 200 g/mol. The Morgan fingerprint density at radius 2 is 1.93 bits per heavy atom. The highest BCUT2D eigenvalue weighted by atomic mass is 19.4. The summed E-state index contributed by atoms with van der Waals surface area (Å²) in [7, 11) is 1.50. The Morgan fingerprint density at radius 1 is 1.29 bits per heavy atom.